The molecule has 0 spiro atoms. The van der Waals surface area contributed by atoms with E-state index in [4.69, 9.17) is 13.8 Å². The predicted molar refractivity (Wildman–Crippen MR) is 434 cm³/mol. The molecule has 13 aromatic carbocycles. The van der Waals surface area contributed by atoms with E-state index in [0.717, 1.165) is 51.2 Å². The first-order valence-electron chi connectivity index (χ1n) is 50.0. The molecule has 16 aromatic rings. The maximum atomic E-state index is 11.5. The maximum absolute atomic E-state index is 11.5. The smallest absolute Gasteiger partial charge is 0.268 e. The maximum Gasteiger partial charge on any atom is 0.268 e. The minimum absolute atomic E-state index is 0. The van der Waals surface area contributed by atoms with Gasteiger partial charge in [-0.05, 0) is 132 Å². The summed E-state index contributed by atoms with van der Waals surface area (Å²) >= 11 is 0. The van der Waals surface area contributed by atoms with Crippen LogP contribution < -0.4 is 50.8 Å². The van der Waals surface area contributed by atoms with E-state index in [2.05, 4.69) is 45.3 Å². The number of pyridine rings is 1. The van der Waals surface area contributed by atoms with Gasteiger partial charge >= 0.3 is 0 Å². The number of rotatable bonds is 15. The van der Waals surface area contributed by atoms with Crippen LogP contribution in [0.4, 0.5) is 0 Å². The second-order valence-electron chi connectivity index (χ2n) is 27.8. The normalized spacial score (nSPS) is 16.8. The number of para-hydroxylation sites is 2. The summed E-state index contributed by atoms with van der Waals surface area (Å²) in [6.45, 7) is 18.4. The van der Waals surface area contributed by atoms with Crippen molar-refractivity contribution >= 4 is 90.5 Å². The number of fused-ring (bicyclic) bond motifs is 4. The monoisotopic (exact) mass is 1590 g/mol. The Morgan fingerprint density at radius 1 is 0.413 bits per heavy atom. The molecule has 512 valence electrons. The van der Waals surface area contributed by atoms with Crippen LogP contribution in [0.5, 0.6) is 11.5 Å². The first kappa shape index (κ1) is 39.7. The fourth-order valence-corrected chi connectivity index (χ4v) is 20.9. The Labute approximate surface area is 676 Å². The van der Waals surface area contributed by atoms with Gasteiger partial charge in [0.2, 0.25) is 0 Å². The zero-order valence-corrected chi connectivity index (χ0v) is 61.9. The molecule has 0 aliphatic heterocycles. The van der Waals surface area contributed by atoms with Crippen molar-refractivity contribution in [2.45, 2.75) is 78.6 Å². The van der Waals surface area contributed by atoms with Gasteiger partial charge in [-0.15, -0.1) is 29.7 Å². The number of hydrogen-bond donors (Lipinski definition) is 0. The van der Waals surface area contributed by atoms with Crippen LogP contribution in [0.2, 0.25) is 0 Å². The van der Waals surface area contributed by atoms with E-state index in [0.29, 0.717) is 22.5 Å². The van der Waals surface area contributed by atoms with E-state index >= 15 is 0 Å². The number of nitrogens with zero attached hydrogens (tertiary/aromatic N) is 4. The summed E-state index contributed by atoms with van der Waals surface area (Å²) in [5.74, 6) is 0.733. The van der Waals surface area contributed by atoms with Gasteiger partial charge in [0.25, 0.3) is 6.33 Å². The molecule has 5 nitrogen and oxygen atoms in total. The molecule has 0 aliphatic carbocycles. The standard InChI is InChI=1S/C96H82N4OSi2.Pt/c1-94(2,3)71-57-58-97-92(64-71)100-87-51-29-28-49-85(87)86-55-54-76(66-89(86)100)101-75-35-31-34-74(65-75)98-67-99(88-56-53-68(62-90(88)98)70-59-72(95(4,5)6)63-73(60-70)96(7,8)9)93-84(50-32-52-91(93)103(80-42-22-13-23-43-80,81-44-24-14-25-45-81)82-46-26-15-27-47-82)69-33-30-48-83(61-69)102(77-36-16-10-17-37-77,78-38-18-11-19-39-78)79-40-20-12-21-41-79;/h10-64H,1-9H3;/q-2;/i10D,11D,12D,13D,14D,15D,16D,17D,18D,19D,20D,21D,22D,23D,24D,25D,26D,27D,30D,33D,36D,37D,38D,39D,40D,41D,42D,43D,44D,45D,46D,47D,48D,61D;. The van der Waals surface area contributed by atoms with Crippen LogP contribution in [0.25, 0.3) is 72.3 Å². The van der Waals surface area contributed by atoms with Gasteiger partial charge in [-0.2, -0.15) is 18.2 Å². The Bertz CT molecular complexity index is 7440. The number of benzene rings is 13. The van der Waals surface area contributed by atoms with Crippen LogP contribution in [0.1, 0.15) is 126 Å². The van der Waals surface area contributed by atoms with Gasteiger partial charge < -0.3 is 13.9 Å². The van der Waals surface area contributed by atoms with Crippen molar-refractivity contribution in [2.75, 3.05) is 0 Å². The molecule has 0 aliphatic rings. The molecule has 0 saturated heterocycles. The molecule has 3 heterocycles. The van der Waals surface area contributed by atoms with Gasteiger partial charge in [-0.25, -0.2) is 4.98 Å². The molecule has 104 heavy (non-hydrogen) atoms. The number of hydrogen-bond acceptors (Lipinski definition) is 2. The quantitative estimate of drug-likeness (QED) is 0.0444. The summed E-state index contributed by atoms with van der Waals surface area (Å²) in [4.78, 5) is 4.86. The van der Waals surface area contributed by atoms with E-state index in [1.54, 1.807) is 48.7 Å². The van der Waals surface area contributed by atoms with Crippen molar-refractivity contribution in [2.24, 2.45) is 0 Å². The van der Waals surface area contributed by atoms with Crippen molar-refractivity contribution in [1.29, 1.82) is 0 Å². The first-order valence-corrected chi connectivity index (χ1v) is 37.0. The average Bonchev–Trinajstić information content (AvgIpc) is 0.959. The average molecular weight is 1590 g/mol. The van der Waals surface area contributed by atoms with E-state index in [1.165, 1.54) is 9.13 Å². The van der Waals surface area contributed by atoms with Crippen LogP contribution in [0.15, 0.2) is 333 Å². The van der Waals surface area contributed by atoms with Gasteiger partial charge in [0.05, 0.1) is 63.3 Å². The van der Waals surface area contributed by atoms with Gasteiger partial charge in [-0.1, -0.05) is 340 Å². The van der Waals surface area contributed by atoms with Crippen molar-refractivity contribution in [3.05, 3.63) is 368 Å². The van der Waals surface area contributed by atoms with Gasteiger partial charge in [-0.3, -0.25) is 4.57 Å². The van der Waals surface area contributed by atoms with E-state index in [1.807, 2.05) is 101 Å². The molecule has 0 atom stereocenters. The molecule has 3 aromatic heterocycles. The summed E-state index contributed by atoms with van der Waals surface area (Å²) in [6, 6.07) is -1.60. The first-order chi connectivity index (χ1) is 64.1. The molecule has 0 radical (unpaired) electrons. The fraction of sp³-hybridized carbons (Fsp3) is 0.125. The van der Waals surface area contributed by atoms with Crippen molar-refractivity contribution in [3.8, 4) is 50.9 Å². The molecule has 0 unspecified atom stereocenters. The summed E-state index contributed by atoms with van der Waals surface area (Å²) in [5.41, 5.74) is 1.28. The molecule has 0 saturated carbocycles. The van der Waals surface area contributed by atoms with Gasteiger partial charge in [0, 0.05) is 44.3 Å². The summed E-state index contributed by atoms with van der Waals surface area (Å²) in [6.07, 6.45) is 5.15. The van der Waals surface area contributed by atoms with Crippen molar-refractivity contribution in [1.82, 2.24) is 14.1 Å². The van der Waals surface area contributed by atoms with Gasteiger partial charge in [0.15, 0.2) is 16.1 Å². The minimum Gasteiger partial charge on any atom is -0.510 e. The van der Waals surface area contributed by atoms with Crippen LogP contribution in [0.3, 0.4) is 0 Å². The third-order valence-electron chi connectivity index (χ3n) is 18.4. The van der Waals surface area contributed by atoms with Crippen LogP contribution in [-0.4, -0.2) is 30.3 Å². The summed E-state index contributed by atoms with van der Waals surface area (Å²) < 4.78 is 347. The van der Waals surface area contributed by atoms with Crippen LogP contribution in [-0.2, 0) is 37.3 Å². The number of imidazole rings is 1. The number of aromatic nitrogens is 4. The molecular formula is C96H82N4OPtSi2-2. The van der Waals surface area contributed by atoms with Crippen LogP contribution in [0, 0.1) is 18.5 Å². The molecule has 0 amide bonds. The Balaban J connectivity index is 0.0000144. The van der Waals surface area contributed by atoms with Crippen molar-refractivity contribution < 1.29 is 77.0 Å². The predicted octanol–water partition coefficient (Wildman–Crippen LogP) is 17.6. The topological polar surface area (TPSA) is 35.9 Å². The second-order valence-corrected chi connectivity index (χ2v) is 34.9. The van der Waals surface area contributed by atoms with E-state index in [-0.39, 0.29) is 54.7 Å². The van der Waals surface area contributed by atoms with E-state index in [9.17, 15) is 42.5 Å². The summed E-state index contributed by atoms with van der Waals surface area (Å²) in [7, 11) is -13.5. The number of ether oxygens (including phenoxy) is 1. The third kappa shape index (κ3) is 12.4. The Kier molecular flexibility index (Phi) is 10.6. The Morgan fingerprint density at radius 3 is 1.49 bits per heavy atom. The SMILES string of the molecule is [2H]c1c([2H])c([2H])c([Si](c2cccc(-c3c([2H])c([2H])c([2H])c([Si](c4c([2H])c([2H])c([2H])c([2H])c4[2H])(c4c([2H])c([2H])c([2H])c([2H])c4[2H])c4c([2H])c([2H])c([2H])c([2H])c4[2H])c3[2H])c2-[n+]2[c-]n(-c3[c-]c(Oc4[c-]c5c(cc4)c4ccccc4n5-c4cc(C(C)(C)C)ccn4)ccc3)c3cc(-c4cc(C(C)(C)C)cc(C(C)(C)C)c4)ccc32)(c2c([2H])c([2H])c([2H])c([2H])c2[2H])c2c([2H])c([2H])c([2H])c([2H])c2[2H])c([2H])c1[2H].[Pt]. The Hall–Kier alpha value is -10.8. The molecule has 0 fully saturated rings. The molecule has 8 heteroatoms. The summed E-state index contributed by atoms with van der Waals surface area (Å²) in [5, 5.41) is -7.31. The Morgan fingerprint density at radius 2 is 0.933 bits per heavy atom. The van der Waals surface area contributed by atoms with Crippen LogP contribution >= 0.6 is 0 Å². The minimum atomic E-state index is -6.81. The van der Waals surface area contributed by atoms with Gasteiger partial charge in [0.1, 0.15) is 5.82 Å². The second kappa shape index (κ2) is 27.8. The largest absolute Gasteiger partial charge is 0.510 e. The molecular weight excluding hydrogens is 1480 g/mol. The van der Waals surface area contributed by atoms with E-state index < -0.39 is 291 Å². The zero-order chi connectivity index (χ0) is 100. The molecule has 0 N–H and O–H groups in total. The molecule has 0 bridgehead atoms. The fourth-order valence-electron chi connectivity index (χ4n) is 13.3. The third-order valence-corrected chi connectivity index (χ3v) is 26.7. The molecule has 16 rings (SSSR count). The van der Waals surface area contributed by atoms with Crippen molar-refractivity contribution in [3.63, 3.8) is 0 Å². The zero-order valence-electron chi connectivity index (χ0n) is 91.6.